The van der Waals surface area contributed by atoms with Crippen molar-refractivity contribution in [3.05, 3.63) is 24.3 Å². The lowest BCUT2D eigenvalue weighted by Crippen LogP contribution is -2.22. The van der Waals surface area contributed by atoms with Crippen LogP contribution in [0.15, 0.2) is 24.3 Å². The maximum Gasteiger partial charge on any atom is 0.344 e. The molecule has 0 bridgehead atoms. The first kappa shape index (κ1) is 11.4. The Bertz CT molecular complexity index is 318. The second kappa shape index (κ2) is 5.24. The van der Waals surface area contributed by atoms with Gasteiger partial charge in [0, 0.05) is 0 Å². The first-order valence-corrected chi connectivity index (χ1v) is 4.75. The van der Waals surface area contributed by atoms with E-state index in [-0.39, 0.29) is 0 Å². The Morgan fingerprint density at radius 2 is 1.87 bits per heavy atom. The molecular weight excluding hydrogens is 196 g/mol. The zero-order chi connectivity index (χ0) is 11.3. The molecule has 82 valence electrons. The van der Waals surface area contributed by atoms with E-state index in [2.05, 4.69) is 0 Å². The van der Waals surface area contributed by atoms with Crippen molar-refractivity contribution >= 4 is 5.97 Å². The molecule has 1 rings (SSSR count). The van der Waals surface area contributed by atoms with E-state index in [1.54, 1.807) is 24.3 Å². The molecule has 1 aromatic rings. The topological polar surface area (TPSA) is 55.8 Å². The monoisotopic (exact) mass is 210 g/mol. The van der Waals surface area contributed by atoms with Crippen LogP contribution in [0.25, 0.3) is 0 Å². The van der Waals surface area contributed by atoms with Gasteiger partial charge >= 0.3 is 5.97 Å². The maximum absolute atomic E-state index is 10.5. The predicted molar refractivity (Wildman–Crippen MR) is 55.3 cm³/mol. The lowest BCUT2D eigenvalue weighted by molar-refractivity contribution is -0.144. The molecule has 0 heterocycles. The fourth-order valence-corrected chi connectivity index (χ4v) is 1.04. The Hall–Kier alpha value is -1.71. The molecule has 0 spiro atoms. The highest BCUT2D eigenvalue weighted by Gasteiger charge is 2.11. The summed E-state index contributed by atoms with van der Waals surface area (Å²) < 4.78 is 10.4. The van der Waals surface area contributed by atoms with Crippen LogP contribution in [0.4, 0.5) is 0 Å². The van der Waals surface area contributed by atoms with E-state index in [4.69, 9.17) is 14.6 Å². The molecule has 15 heavy (non-hydrogen) atoms. The molecule has 1 atom stereocenters. The number of ether oxygens (including phenoxy) is 2. The molecule has 0 fully saturated rings. The van der Waals surface area contributed by atoms with Crippen LogP contribution >= 0.6 is 0 Å². The minimum absolute atomic E-state index is 0.522. The van der Waals surface area contributed by atoms with E-state index in [1.807, 2.05) is 6.92 Å². The SMILES string of the molecule is CCOc1ccc(O[C@H](C)C(=O)O)cc1. The first-order chi connectivity index (χ1) is 7.13. The van der Waals surface area contributed by atoms with Crippen LogP contribution < -0.4 is 9.47 Å². The van der Waals surface area contributed by atoms with E-state index in [9.17, 15) is 4.79 Å². The summed E-state index contributed by atoms with van der Waals surface area (Å²) in [5.41, 5.74) is 0. The van der Waals surface area contributed by atoms with Crippen LogP contribution in [0.1, 0.15) is 13.8 Å². The Morgan fingerprint density at radius 3 is 2.33 bits per heavy atom. The highest BCUT2D eigenvalue weighted by molar-refractivity contribution is 5.72. The summed E-state index contributed by atoms with van der Waals surface area (Å²) in [5, 5.41) is 8.63. The predicted octanol–water partition coefficient (Wildman–Crippen LogP) is 1.94. The van der Waals surface area contributed by atoms with Crippen molar-refractivity contribution in [1.29, 1.82) is 0 Å². The molecule has 0 aliphatic heterocycles. The molecule has 0 aromatic heterocycles. The lowest BCUT2D eigenvalue weighted by atomic mass is 10.3. The van der Waals surface area contributed by atoms with E-state index in [1.165, 1.54) is 6.92 Å². The molecule has 0 amide bonds. The van der Waals surface area contributed by atoms with Crippen LogP contribution in [0.2, 0.25) is 0 Å². The van der Waals surface area contributed by atoms with Crippen LogP contribution in [0, 0.1) is 0 Å². The lowest BCUT2D eigenvalue weighted by Gasteiger charge is -2.10. The van der Waals surface area contributed by atoms with Crippen LogP contribution in [0.5, 0.6) is 11.5 Å². The molecule has 1 aromatic carbocycles. The largest absolute Gasteiger partial charge is 0.494 e. The van der Waals surface area contributed by atoms with Gasteiger partial charge in [0.25, 0.3) is 0 Å². The fraction of sp³-hybridized carbons (Fsp3) is 0.364. The number of carboxylic acid groups (broad SMARTS) is 1. The molecule has 0 saturated heterocycles. The highest BCUT2D eigenvalue weighted by Crippen LogP contribution is 2.18. The van der Waals surface area contributed by atoms with Crippen molar-refractivity contribution < 1.29 is 19.4 Å². The summed E-state index contributed by atoms with van der Waals surface area (Å²) in [7, 11) is 0. The summed E-state index contributed by atoms with van der Waals surface area (Å²) in [5.74, 6) is 0.282. The Balaban J connectivity index is 2.60. The maximum atomic E-state index is 10.5. The second-order valence-corrected chi connectivity index (χ2v) is 3.00. The summed E-state index contributed by atoms with van der Waals surface area (Å²) in [4.78, 5) is 10.5. The van der Waals surface area contributed by atoms with Gasteiger partial charge in [-0.25, -0.2) is 4.79 Å². The third-order valence-corrected chi connectivity index (χ3v) is 1.80. The highest BCUT2D eigenvalue weighted by atomic mass is 16.5. The third kappa shape index (κ3) is 3.50. The second-order valence-electron chi connectivity index (χ2n) is 3.00. The minimum Gasteiger partial charge on any atom is -0.494 e. The van der Waals surface area contributed by atoms with E-state index in [0.717, 1.165) is 5.75 Å². The molecule has 0 aliphatic carbocycles. The van der Waals surface area contributed by atoms with Crippen molar-refractivity contribution in [3.8, 4) is 11.5 Å². The number of benzene rings is 1. The van der Waals surface area contributed by atoms with Gasteiger partial charge < -0.3 is 14.6 Å². The van der Waals surface area contributed by atoms with E-state index < -0.39 is 12.1 Å². The Labute approximate surface area is 88.4 Å². The Morgan fingerprint density at radius 1 is 1.33 bits per heavy atom. The molecule has 1 N–H and O–H groups in total. The number of carboxylic acids is 1. The van der Waals surface area contributed by atoms with Crippen molar-refractivity contribution in [3.63, 3.8) is 0 Å². The van der Waals surface area contributed by atoms with E-state index >= 15 is 0 Å². The molecular formula is C11H14O4. The molecule has 0 aliphatic rings. The number of rotatable bonds is 5. The molecule has 4 heteroatoms. The minimum atomic E-state index is -0.983. The zero-order valence-corrected chi connectivity index (χ0v) is 8.77. The quantitative estimate of drug-likeness (QED) is 0.806. The smallest absolute Gasteiger partial charge is 0.344 e. The van der Waals surface area contributed by atoms with Crippen molar-refractivity contribution in [2.24, 2.45) is 0 Å². The first-order valence-electron chi connectivity index (χ1n) is 4.75. The van der Waals surface area contributed by atoms with Crippen molar-refractivity contribution in [1.82, 2.24) is 0 Å². The molecule has 0 radical (unpaired) electrons. The zero-order valence-electron chi connectivity index (χ0n) is 8.77. The van der Waals surface area contributed by atoms with Gasteiger partial charge in [-0.15, -0.1) is 0 Å². The summed E-state index contributed by atoms with van der Waals surface area (Å²) in [6, 6.07) is 6.86. The van der Waals surface area contributed by atoms with Gasteiger partial charge in [-0.2, -0.15) is 0 Å². The van der Waals surface area contributed by atoms with Crippen LogP contribution in [-0.2, 0) is 4.79 Å². The average molecular weight is 210 g/mol. The summed E-state index contributed by atoms with van der Waals surface area (Å²) >= 11 is 0. The van der Waals surface area contributed by atoms with Crippen LogP contribution in [0.3, 0.4) is 0 Å². The third-order valence-electron chi connectivity index (χ3n) is 1.80. The summed E-state index contributed by atoms with van der Waals surface area (Å²) in [6.07, 6.45) is -0.844. The van der Waals surface area contributed by atoms with E-state index in [0.29, 0.717) is 12.4 Å². The van der Waals surface area contributed by atoms with Gasteiger partial charge in [0.05, 0.1) is 6.61 Å². The number of hydrogen-bond acceptors (Lipinski definition) is 3. The van der Waals surface area contributed by atoms with Gasteiger partial charge in [0.1, 0.15) is 11.5 Å². The van der Waals surface area contributed by atoms with Gasteiger partial charge in [-0.1, -0.05) is 0 Å². The van der Waals surface area contributed by atoms with Gasteiger partial charge in [-0.3, -0.25) is 0 Å². The van der Waals surface area contributed by atoms with Gasteiger partial charge in [-0.05, 0) is 38.1 Å². The van der Waals surface area contributed by atoms with Crippen molar-refractivity contribution in [2.45, 2.75) is 20.0 Å². The Kier molecular flexibility index (Phi) is 3.97. The number of hydrogen-bond donors (Lipinski definition) is 1. The van der Waals surface area contributed by atoms with Crippen molar-refractivity contribution in [2.75, 3.05) is 6.61 Å². The molecule has 4 nitrogen and oxygen atoms in total. The molecule has 0 saturated carbocycles. The van der Waals surface area contributed by atoms with Gasteiger partial charge in [0.2, 0.25) is 0 Å². The molecule has 0 unspecified atom stereocenters. The average Bonchev–Trinajstić information content (AvgIpc) is 2.21. The van der Waals surface area contributed by atoms with Gasteiger partial charge in [0.15, 0.2) is 6.10 Å². The summed E-state index contributed by atoms with van der Waals surface area (Å²) in [6.45, 7) is 3.99. The fourth-order valence-electron chi connectivity index (χ4n) is 1.04. The number of carbonyl (C=O) groups is 1. The number of aliphatic carboxylic acids is 1. The normalized spacial score (nSPS) is 11.9. The standard InChI is InChI=1S/C11H14O4/c1-3-14-9-4-6-10(7-5-9)15-8(2)11(12)13/h4-8H,3H2,1-2H3,(H,12,13)/t8-/m1/s1. The van der Waals surface area contributed by atoms with Crippen LogP contribution in [-0.4, -0.2) is 23.8 Å².